The first-order valence-electron chi connectivity index (χ1n) is 5.44. The minimum Gasteiger partial charge on any atom is -0.312 e. The van der Waals surface area contributed by atoms with Crippen LogP contribution in [-0.4, -0.2) is 12.5 Å². The SMILES string of the molecule is CCN(C(=O)C(C)(C)C)c1ccc(F)cc1. The quantitative estimate of drug-likeness (QED) is 0.753. The molecule has 0 saturated carbocycles. The van der Waals surface area contributed by atoms with Crippen LogP contribution in [-0.2, 0) is 4.79 Å². The average molecular weight is 223 g/mol. The Labute approximate surface area is 96.1 Å². The number of benzene rings is 1. The molecule has 1 rings (SSSR count). The van der Waals surface area contributed by atoms with Crippen molar-refractivity contribution in [1.82, 2.24) is 0 Å². The number of anilines is 1. The van der Waals surface area contributed by atoms with E-state index in [0.717, 1.165) is 5.69 Å². The minimum atomic E-state index is -0.426. The van der Waals surface area contributed by atoms with E-state index in [9.17, 15) is 9.18 Å². The van der Waals surface area contributed by atoms with Crippen molar-refractivity contribution in [2.45, 2.75) is 27.7 Å². The van der Waals surface area contributed by atoms with Crippen LogP contribution in [0.3, 0.4) is 0 Å². The van der Waals surface area contributed by atoms with E-state index in [2.05, 4.69) is 0 Å². The third kappa shape index (κ3) is 2.81. The molecule has 0 saturated heterocycles. The van der Waals surface area contributed by atoms with Crippen LogP contribution in [0.15, 0.2) is 24.3 Å². The molecular formula is C13H18FNO. The van der Waals surface area contributed by atoms with Gasteiger partial charge in [0.25, 0.3) is 0 Å². The maximum atomic E-state index is 12.8. The molecule has 0 aliphatic rings. The first-order chi connectivity index (χ1) is 7.36. The van der Waals surface area contributed by atoms with Crippen molar-refractivity contribution in [3.05, 3.63) is 30.1 Å². The van der Waals surface area contributed by atoms with Crippen LogP contribution in [0.4, 0.5) is 10.1 Å². The summed E-state index contributed by atoms with van der Waals surface area (Å²) in [6.07, 6.45) is 0. The molecule has 0 aliphatic carbocycles. The van der Waals surface area contributed by atoms with Crippen LogP contribution >= 0.6 is 0 Å². The summed E-state index contributed by atoms with van der Waals surface area (Å²) in [6, 6.07) is 5.99. The standard InChI is InChI=1S/C13H18FNO/c1-5-15(12(16)13(2,3)4)11-8-6-10(14)7-9-11/h6-9H,5H2,1-4H3. The lowest BCUT2D eigenvalue weighted by molar-refractivity contribution is -0.125. The lowest BCUT2D eigenvalue weighted by Gasteiger charge is -2.28. The van der Waals surface area contributed by atoms with Gasteiger partial charge in [0.1, 0.15) is 5.82 Å². The second-order valence-corrected chi connectivity index (χ2v) is 4.78. The molecule has 0 atom stereocenters. The summed E-state index contributed by atoms with van der Waals surface area (Å²) >= 11 is 0. The summed E-state index contributed by atoms with van der Waals surface area (Å²) < 4.78 is 12.8. The Morgan fingerprint density at radius 1 is 1.25 bits per heavy atom. The molecule has 0 radical (unpaired) electrons. The molecule has 0 bridgehead atoms. The van der Waals surface area contributed by atoms with Gasteiger partial charge in [-0.25, -0.2) is 4.39 Å². The maximum absolute atomic E-state index is 12.8. The highest BCUT2D eigenvalue weighted by molar-refractivity contribution is 5.96. The average Bonchev–Trinajstić information content (AvgIpc) is 2.20. The Morgan fingerprint density at radius 3 is 2.12 bits per heavy atom. The predicted molar refractivity (Wildman–Crippen MR) is 63.9 cm³/mol. The van der Waals surface area contributed by atoms with E-state index in [-0.39, 0.29) is 11.7 Å². The zero-order valence-corrected chi connectivity index (χ0v) is 10.2. The lowest BCUT2D eigenvalue weighted by Crippen LogP contribution is -2.39. The molecule has 0 spiro atoms. The summed E-state index contributed by atoms with van der Waals surface area (Å²) in [7, 11) is 0. The zero-order chi connectivity index (χ0) is 12.3. The van der Waals surface area contributed by atoms with Crippen molar-refractivity contribution in [3.8, 4) is 0 Å². The molecule has 16 heavy (non-hydrogen) atoms. The van der Waals surface area contributed by atoms with E-state index in [1.165, 1.54) is 12.1 Å². The predicted octanol–water partition coefficient (Wildman–Crippen LogP) is 3.22. The van der Waals surface area contributed by atoms with Crippen molar-refractivity contribution in [2.24, 2.45) is 5.41 Å². The summed E-state index contributed by atoms with van der Waals surface area (Å²) in [6.45, 7) is 8.12. The van der Waals surface area contributed by atoms with Gasteiger partial charge in [-0.3, -0.25) is 4.79 Å². The van der Waals surface area contributed by atoms with Gasteiger partial charge in [-0.15, -0.1) is 0 Å². The van der Waals surface area contributed by atoms with E-state index in [0.29, 0.717) is 6.54 Å². The molecule has 1 aromatic rings. The molecule has 2 nitrogen and oxygen atoms in total. The van der Waals surface area contributed by atoms with Crippen LogP contribution in [0.25, 0.3) is 0 Å². The first-order valence-corrected chi connectivity index (χ1v) is 5.44. The largest absolute Gasteiger partial charge is 0.312 e. The van der Waals surface area contributed by atoms with Crippen LogP contribution in [0.5, 0.6) is 0 Å². The minimum absolute atomic E-state index is 0.0432. The van der Waals surface area contributed by atoms with Gasteiger partial charge in [0.2, 0.25) is 5.91 Å². The molecule has 0 aliphatic heterocycles. The Morgan fingerprint density at radius 2 is 1.75 bits per heavy atom. The highest BCUT2D eigenvalue weighted by Gasteiger charge is 2.27. The first kappa shape index (κ1) is 12.7. The van der Waals surface area contributed by atoms with Crippen LogP contribution in [0.2, 0.25) is 0 Å². The lowest BCUT2D eigenvalue weighted by atomic mass is 9.94. The topological polar surface area (TPSA) is 20.3 Å². The van der Waals surface area contributed by atoms with E-state index < -0.39 is 5.41 Å². The molecule has 3 heteroatoms. The Hall–Kier alpha value is -1.38. The molecule has 0 fully saturated rings. The fourth-order valence-electron chi connectivity index (χ4n) is 1.47. The summed E-state index contributed by atoms with van der Waals surface area (Å²) in [4.78, 5) is 13.8. The number of halogens is 1. The molecule has 0 N–H and O–H groups in total. The normalized spacial score (nSPS) is 11.3. The highest BCUT2D eigenvalue weighted by Crippen LogP contribution is 2.23. The van der Waals surface area contributed by atoms with Crippen molar-refractivity contribution in [2.75, 3.05) is 11.4 Å². The molecule has 0 heterocycles. The fourth-order valence-corrected chi connectivity index (χ4v) is 1.47. The van der Waals surface area contributed by atoms with Gasteiger partial charge >= 0.3 is 0 Å². The van der Waals surface area contributed by atoms with Crippen LogP contribution in [0, 0.1) is 11.2 Å². The molecule has 1 aromatic carbocycles. The third-order valence-corrected chi connectivity index (χ3v) is 2.34. The molecular weight excluding hydrogens is 205 g/mol. The number of rotatable bonds is 2. The monoisotopic (exact) mass is 223 g/mol. The third-order valence-electron chi connectivity index (χ3n) is 2.34. The Kier molecular flexibility index (Phi) is 3.68. The van der Waals surface area contributed by atoms with Crippen molar-refractivity contribution < 1.29 is 9.18 Å². The number of amides is 1. The van der Waals surface area contributed by atoms with Gasteiger partial charge in [0, 0.05) is 17.6 Å². The van der Waals surface area contributed by atoms with Gasteiger partial charge in [-0.1, -0.05) is 20.8 Å². The van der Waals surface area contributed by atoms with E-state index >= 15 is 0 Å². The second kappa shape index (κ2) is 4.64. The molecule has 88 valence electrons. The number of carbonyl (C=O) groups is 1. The van der Waals surface area contributed by atoms with E-state index in [4.69, 9.17) is 0 Å². The van der Waals surface area contributed by atoms with Crippen molar-refractivity contribution in [1.29, 1.82) is 0 Å². The molecule has 1 amide bonds. The van der Waals surface area contributed by atoms with Gasteiger partial charge < -0.3 is 4.90 Å². The van der Waals surface area contributed by atoms with E-state index in [1.807, 2.05) is 27.7 Å². The molecule has 0 aromatic heterocycles. The van der Waals surface area contributed by atoms with Gasteiger partial charge in [-0.2, -0.15) is 0 Å². The Balaban J connectivity index is 2.99. The summed E-state index contributed by atoms with van der Waals surface area (Å²) in [5.74, 6) is -0.246. The number of nitrogens with zero attached hydrogens (tertiary/aromatic N) is 1. The fraction of sp³-hybridized carbons (Fsp3) is 0.462. The maximum Gasteiger partial charge on any atom is 0.232 e. The Bertz CT molecular complexity index is 365. The molecule has 0 unspecified atom stereocenters. The summed E-state index contributed by atoms with van der Waals surface area (Å²) in [5, 5.41) is 0. The van der Waals surface area contributed by atoms with Crippen LogP contribution < -0.4 is 4.90 Å². The highest BCUT2D eigenvalue weighted by atomic mass is 19.1. The number of hydrogen-bond acceptors (Lipinski definition) is 1. The smallest absolute Gasteiger partial charge is 0.232 e. The van der Waals surface area contributed by atoms with Crippen molar-refractivity contribution >= 4 is 11.6 Å². The van der Waals surface area contributed by atoms with Crippen LogP contribution in [0.1, 0.15) is 27.7 Å². The second-order valence-electron chi connectivity index (χ2n) is 4.78. The zero-order valence-electron chi connectivity index (χ0n) is 10.2. The van der Waals surface area contributed by atoms with Gasteiger partial charge in [0.05, 0.1) is 0 Å². The van der Waals surface area contributed by atoms with E-state index in [1.54, 1.807) is 17.0 Å². The number of hydrogen-bond donors (Lipinski definition) is 0. The van der Waals surface area contributed by atoms with Crippen molar-refractivity contribution in [3.63, 3.8) is 0 Å². The van der Waals surface area contributed by atoms with Gasteiger partial charge in [0.15, 0.2) is 0 Å². The number of carbonyl (C=O) groups excluding carboxylic acids is 1. The summed E-state index contributed by atoms with van der Waals surface area (Å²) in [5.41, 5.74) is 0.313. The van der Waals surface area contributed by atoms with Gasteiger partial charge in [-0.05, 0) is 31.2 Å².